The summed E-state index contributed by atoms with van der Waals surface area (Å²) in [6.45, 7) is 0. The number of nitrogens with two attached hydrogens (primary N) is 1. The van der Waals surface area contributed by atoms with Gasteiger partial charge in [-0.1, -0.05) is 18.2 Å². The van der Waals surface area contributed by atoms with Gasteiger partial charge in [-0.15, -0.1) is 13.2 Å². The van der Waals surface area contributed by atoms with Gasteiger partial charge < -0.3 is 10.5 Å². The van der Waals surface area contributed by atoms with E-state index in [2.05, 4.69) is 4.74 Å². The summed E-state index contributed by atoms with van der Waals surface area (Å²) in [5.41, 5.74) is 4.71. The Morgan fingerprint density at radius 2 is 1.38 bits per heavy atom. The van der Waals surface area contributed by atoms with Crippen molar-refractivity contribution >= 4 is 0 Å². The molecule has 130 valence electrons. The van der Waals surface area contributed by atoms with Crippen LogP contribution in [-0.2, 0) is 6.18 Å². The van der Waals surface area contributed by atoms with E-state index in [0.717, 1.165) is 18.2 Å². The van der Waals surface area contributed by atoms with Crippen molar-refractivity contribution in [2.45, 2.75) is 18.6 Å². The molecule has 9 heteroatoms. The predicted molar refractivity (Wildman–Crippen MR) is 70.6 cm³/mol. The molecule has 0 radical (unpaired) electrons. The van der Waals surface area contributed by atoms with Gasteiger partial charge in [-0.3, -0.25) is 0 Å². The zero-order valence-electron chi connectivity index (χ0n) is 11.8. The van der Waals surface area contributed by atoms with Crippen LogP contribution in [0.1, 0.15) is 22.7 Å². The van der Waals surface area contributed by atoms with Gasteiger partial charge in [-0.25, -0.2) is 4.39 Å². The molecule has 0 fully saturated rings. The maximum Gasteiger partial charge on any atom is 0.573 e. The quantitative estimate of drug-likeness (QED) is 0.805. The Morgan fingerprint density at radius 1 is 0.833 bits per heavy atom. The van der Waals surface area contributed by atoms with Gasteiger partial charge >= 0.3 is 12.5 Å². The molecule has 2 aromatic carbocycles. The van der Waals surface area contributed by atoms with E-state index in [0.29, 0.717) is 12.1 Å². The fourth-order valence-corrected chi connectivity index (χ4v) is 2.02. The van der Waals surface area contributed by atoms with Crippen LogP contribution in [0.15, 0.2) is 42.5 Å². The van der Waals surface area contributed by atoms with Gasteiger partial charge in [-0.05, 0) is 35.4 Å². The second-order valence-corrected chi connectivity index (χ2v) is 4.83. The van der Waals surface area contributed by atoms with Crippen LogP contribution in [0.4, 0.5) is 30.7 Å². The van der Waals surface area contributed by atoms with Crippen molar-refractivity contribution in [3.63, 3.8) is 0 Å². The number of rotatable bonds is 3. The lowest BCUT2D eigenvalue weighted by Gasteiger charge is -2.16. The Hall–Kier alpha value is -2.29. The van der Waals surface area contributed by atoms with Crippen molar-refractivity contribution in [3.05, 3.63) is 65.0 Å². The van der Waals surface area contributed by atoms with Crippen LogP contribution in [-0.4, -0.2) is 6.36 Å². The summed E-state index contributed by atoms with van der Waals surface area (Å²) in [7, 11) is 0. The van der Waals surface area contributed by atoms with E-state index in [9.17, 15) is 30.7 Å². The normalized spacial score (nSPS) is 13.7. The highest BCUT2D eigenvalue weighted by Crippen LogP contribution is 2.33. The zero-order valence-corrected chi connectivity index (χ0v) is 11.8. The van der Waals surface area contributed by atoms with E-state index in [1.807, 2.05) is 0 Å². The Kier molecular flexibility index (Phi) is 4.75. The molecule has 2 rings (SSSR count). The van der Waals surface area contributed by atoms with Crippen LogP contribution < -0.4 is 10.5 Å². The predicted octanol–water partition coefficient (Wildman–Crippen LogP) is 4.79. The third kappa shape index (κ3) is 4.38. The first kappa shape index (κ1) is 18.1. The highest BCUT2D eigenvalue weighted by Gasteiger charge is 2.34. The van der Waals surface area contributed by atoms with Crippen LogP contribution in [0.2, 0.25) is 0 Å². The van der Waals surface area contributed by atoms with Crippen LogP contribution in [0.3, 0.4) is 0 Å². The summed E-state index contributed by atoms with van der Waals surface area (Å²) >= 11 is 0. The monoisotopic (exact) mass is 353 g/mol. The first-order chi connectivity index (χ1) is 11.0. The van der Waals surface area contributed by atoms with E-state index >= 15 is 0 Å². The molecule has 0 heterocycles. The topological polar surface area (TPSA) is 35.2 Å². The Morgan fingerprint density at radius 3 is 1.83 bits per heavy atom. The van der Waals surface area contributed by atoms with Crippen molar-refractivity contribution in [1.29, 1.82) is 0 Å². The van der Waals surface area contributed by atoms with Crippen molar-refractivity contribution in [2.75, 3.05) is 0 Å². The van der Waals surface area contributed by atoms with E-state index in [1.54, 1.807) is 0 Å². The Balaban J connectivity index is 2.23. The number of halogens is 7. The maximum absolute atomic E-state index is 13.6. The van der Waals surface area contributed by atoms with Crippen molar-refractivity contribution in [2.24, 2.45) is 5.73 Å². The summed E-state index contributed by atoms with van der Waals surface area (Å²) in [5, 5.41) is 0. The molecule has 2 aromatic rings. The number of alkyl halides is 6. The average Bonchev–Trinajstić information content (AvgIpc) is 2.44. The minimum absolute atomic E-state index is 0.0463. The molecule has 0 aliphatic carbocycles. The molecule has 0 unspecified atom stereocenters. The van der Waals surface area contributed by atoms with Crippen molar-refractivity contribution < 1.29 is 35.5 Å². The molecule has 24 heavy (non-hydrogen) atoms. The molecule has 0 spiro atoms. The summed E-state index contributed by atoms with van der Waals surface area (Å²) in [5.74, 6) is -1.95. The third-order valence-electron chi connectivity index (χ3n) is 3.13. The van der Waals surface area contributed by atoms with Gasteiger partial charge in [-0.2, -0.15) is 13.2 Å². The maximum atomic E-state index is 13.6. The largest absolute Gasteiger partial charge is 0.573 e. The summed E-state index contributed by atoms with van der Waals surface area (Å²) in [4.78, 5) is 0. The molecule has 0 saturated heterocycles. The minimum Gasteiger partial charge on any atom is -0.406 e. The van der Waals surface area contributed by atoms with Crippen molar-refractivity contribution in [1.82, 2.24) is 0 Å². The number of benzene rings is 2. The Bertz CT molecular complexity index is 707. The Labute approximate surface area is 131 Å². The van der Waals surface area contributed by atoms with E-state index in [-0.39, 0.29) is 11.1 Å². The fourth-order valence-electron chi connectivity index (χ4n) is 2.02. The molecular formula is C15H10F7NO. The van der Waals surface area contributed by atoms with Gasteiger partial charge in [0.2, 0.25) is 0 Å². The second-order valence-electron chi connectivity index (χ2n) is 4.83. The molecule has 0 amide bonds. The number of hydrogen-bond donors (Lipinski definition) is 1. The van der Waals surface area contributed by atoms with Gasteiger partial charge in [0.1, 0.15) is 11.6 Å². The molecule has 2 nitrogen and oxygen atoms in total. The highest BCUT2D eigenvalue weighted by molar-refractivity contribution is 5.37. The lowest BCUT2D eigenvalue weighted by atomic mass is 9.98. The van der Waals surface area contributed by atoms with E-state index in [4.69, 9.17) is 5.73 Å². The fraction of sp³-hybridized carbons (Fsp3) is 0.200. The highest BCUT2D eigenvalue weighted by atomic mass is 19.4. The molecule has 0 aliphatic rings. The second kappa shape index (κ2) is 6.31. The van der Waals surface area contributed by atoms with Crippen LogP contribution >= 0.6 is 0 Å². The molecule has 1 atom stereocenters. The van der Waals surface area contributed by atoms with E-state index in [1.165, 1.54) is 12.1 Å². The third-order valence-corrected chi connectivity index (χ3v) is 3.13. The van der Waals surface area contributed by atoms with Crippen molar-refractivity contribution in [3.8, 4) is 5.75 Å². The minimum atomic E-state index is -4.85. The summed E-state index contributed by atoms with van der Waals surface area (Å²) < 4.78 is 91.0. The molecule has 2 N–H and O–H groups in total. The lowest BCUT2D eigenvalue weighted by Crippen LogP contribution is -2.17. The van der Waals surface area contributed by atoms with Gasteiger partial charge in [0.25, 0.3) is 0 Å². The molecular weight excluding hydrogens is 343 g/mol. The standard InChI is InChI=1S/C15H10F7NO/c16-12-7-9(3-6-11(12)14(17,18)19)13(23)8-1-4-10(5-2-8)24-15(20,21)22/h1-7,13H,23H2/t13-/m1/s1. The SMILES string of the molecule is N[C@H](c1ccc(OC(F)(F)F)cc1)c1ccc(C(F)(F)F)c(F)c1. The summed E-state index contributed by atoms with van der Waals surface area (Å²) in [6, 6.07) is 5.63. The number of hydrogen-bond acceptors (Lipinski definition) is 2. The number of ether oxygens (including phenoxy) is 1. The van der Waals surface area contributed by atoms with Crippen LogP contribution in [0.5, 0.6) is 5.75 Å². The molecule has 0 saturated carbocycles. The van der Waals surface area contributed by atoms with Crippen LogP contribution in [0, 0.1) is 5.82 Å². The van der Waals surface area contributed by atoms with Gasteiger partial charge in [0.15, 0.2) is 0 Å². The smallest absolute Gasteiger partial charge is 0.406 e. The first-order valence-electron chi connectivity index (χ1n) is 6.45. The first-order valence-corrected chi connectivity index (χ1v) is 6.45. The van der Waals surface area contributed by atoms with Crippen LogP contribution in [0.25, 0.3) is 0 Å². The average molecular weight is 353 g/mol. The molecule has 0 aliphatic heterocycles. The van der Waals surface area contributed by atoms with Gasteiger partial charge in [0.05, 0.1) is 11.6 Å². The summed E-state index contributed by atoms with van der Waals surface area (Å²) in [6.07, 6.45) is -9.68. The van der Waals surface area contributed by atoms with Gasteiger partial charge in [0, 0.05) is 0 Å². The zero-order chi connectivity index (χ0) is 18.1. The van der Waals surface area contributed by atoms with E-state index < -0.39 is 35.7 Å². The lowest BCUT2D eigenvalue weighted by molar-refractivity contribution is -0.274. The molecule has 0 aromatic heterocycles. The molecule has 0 bridgehead atoms.